The molecule has 4 rings (SSSR count). The van der Waals surface area contributed by atoms with E-state index in [9.17, 15) is 19.2 Å². The van der Waals surface area contributed by atoms with Gasteiger partial charge in [-0.15, -0.1) is 0 Å². The first-order valence-electron chi connectivity index (χ1n) is 10.3. The lowest BCUT2D eigenvalue weighted by Gasteiger charge is -2.22. The normalized spacial score (nSPS) is 21.7. The van der Waals surface area contributed by atoms with Crippen LogP contribution in [0.3, 0.4) is 0 Å². The van der Waals surface area contributed by atoms with Crippen molar-refractivity contribution in [1.29, 1.82) is 0 Å². The Kier molecular flexibility index (Phi) is 6.54. The minimum Gasteiger partial charge on any atom is -0.452 e. The molecule has 3 atom stereocenters. The zero-order chi connectivity index (χ0) is 23.7. The second-order valence-electron chi connectivity index (χ2n) is 7.96. The first-order valence-corrected chi connectivity index (χ1v) is 11.1. The quantitative estimate of drug-likeness (QED) is 0.381. The Labute approximate surface area is 200 Å². The number of fused-ring (bicyclic) bond motifs is 1. The predicted molar refractivity (Wildman–Crippen MR) is 124 cm³/mol. The van der Waals surface area contributed by atoms with Crippen molar-refractivity contribution in [3.8, 4) is 0 Å². The molecule has 7 nitrogen and oxygen atoms in total. The van der Waals surface area contributed by atoms with Gasteiger partial charge in [-0.05, 0) is 54.8 Å². The van der Waals surface area contributed by atoms with Crippen LogP contribution < -0.4 is 10.2 Å². The molecule has 1 N–H and O–H groups in total. The molecule has 2 aromatic rings. The number of imide groups is 1. The molecule has 170 valence electrons. The van der Waals surface area contributed by atoms with Gasteiger partial charge >= 0.3 is 5.97 Å². The van der Waals surface area contributed by atoms with Crippen molar-refractivity contribution < 1.29 is 23.9 Å². The van der Waals surface area contributed by atoms with Crippen molar-refractivity contribution in [3.63, 3.8) is 0 Å². The van der Waals surface area contributed by atoms with Gasteiger partial charge in [0.05, 0.1) is 33.8 Å². The number of nitrogens with one attached hydrogen (secondary N) is 1. The Morgan fingerprint density at radius 2 is 1.82 bits per heavy atom. The third kappa shape index (κ3) is 4.65. The molecule has 1 heterocycles. The van der Waals surface area contributed by atoms with Crippen molar-refractivity contribution in [2.45, 2.75) is 13.3 Å². The maximum Gasteiger partial charge on any atom is 0.338 e. The van der Waals surface area contributed by atoms with Gasteiger partial charge in [-0.1, -0.05) is 42.3 Å². The van der Waals surface area contributed by atoms with E-state index in [2.05, 4.69) is 5.32 Å². The molecule has 2 aromatic carbocycles. The van der Waals surface area contributed by atoms with Crippen LogP contribution in [-0.4, -0.2) is 30.3 Å². The van der Waals surface area contributed by atoms with E-state index in [1.54, 1.807) is 6.07 Å². The summed E-state index contributed by atoms with van der Waals surface area (Å²) < 4.78 is 5.05. The molecule has 1 aliphatic heterocycles. The summed E-state index contributed by atoms with van der Waals surface area (Å²) in [6.45, 7) is 1.41. The van der Waals surface area contributed by atoms with E-state index in [1.807, 2.05) is 19.1 Å². The lowest BCUT2D eigenvalue weighted by atomic mass is 9.78. The minimum absolute atomic E-state index is 0.00616. The van der Waals surface area contributed by atoms with Crippen LogP contribution in [0, 0.1) is 17.8 Å². The first kappa shape index (κ1) is 23.0. The summed E-state index contributed by atoms with van der Waals surface area (Å²) in [5.74, 6) is -2.46. The zero-order valence-electron chi connectivity index (χ0n) is 17.6. The maximum atomic E-state index is 12.9. The summed E-state index contributed by atoms with van der Waals surface area (Å²) in [5, 5.41) is 3.22. The highest BCUT2D eigenvalue weighted by Crippen LogP contribution is 2.40. The van der Waals surface area contributed by atoms with Gasteiger partial charge in [0.2, 0.25) is 11.8 Å². The van der Waals surface area contributed by atoms with Crippen LogP contribution in [0.15, 0.2) is 54.6 Å². The molecule has 0 radical (unpaired) electrons. The molecule has 1 fully saturated rings. The Balaban J connectivity index is 1.37. The average Bonchev–Trinajstić information content (AvgIpc) is 3.05. The van der Waals surface area contributed by atoms with Gasteiger partial charge in [0.15, 0.2) is 6.61 Å². The fourth-order valence-corrected chi connectivity index (χ4v) is 4.60. The summed E-state index contributed by atoms with van der Waals surface area (Å²) in [6.07, 6.45) is 4.45. The van der Waals surface area contributed by atoms with Gasteiger partial charge < -0.3 is 10.1 Å². The molecule has 1 saturated heterocycles. The minimum atomic E-state index is -0.718. The van der Waals surface area contributed by atoms with Crippen molar-refractivity contribution >= 4 is 58.3 Å². The monoisotopic (exact) mass is 486 g/mol. The summed E-state index contributed by atoms with van der Waals surface area (Å²) in [6, 6.07) is 10.5. The molecule has 0 aromatic heterocycles. The van der Waals surface area contributed by atoms with Crippen LogP contribution in [0.5, 0.6) is 0 Å². The third-order valence-electron chi connectivity index (χ3n) is 5.77. The fraction of sp³-hybridized carbons (Fsp3) is 0.250. The van der Waals surface area contributed by atoms with Gasteiger partial charge in [-0.2, -0.15) is 0 Å². The van der Waals surface area contributed by atoms with Crippen LogP contribution in [0.1, 0.15) is 23.7 Å². The van der Waals surface area contributed by atoms with Crippen molar-refractivity contribution in [2.75, 3.05) is 16.8 Å². The molecular formula is C24H20Cl2N2O5. The van der Waals surface area contributed by atoms with Gasteiger partial charge in [0.1, 0.15) is 0 Å². The summed E-state index contributed by atoms with van der Waals surface area (Å²) >= 11 is 11.8. The Morgan fingerprint density at radius 1 is 1.09 bits per heavy atom. The summed E-state index contributed by atoms with van der Waals surface area (Å²) in [7, 11) is 0. The van der Waals surface area contributed by atoms with E-state index < -0.39 is 18.5 Å². The number of hydrogen-bond donors (Lipinski definition) is 1. The average molecular weight is 487 g/mol. The van der Waals surface area contributed by atoms with E-state index in [1.165, 1.54) is 41.3 Å². The van der Waals surface area contributed by atoms with Crippen molar-refractivity contribution in [3.05, 3.63) is 70.2 Å². The largest absolute Gasteiger partial charge is 0.452 e. The number of benzene rings is 2. The molecule has 33 heavy (non-hydrogen) atoms. The van der Waals surface area contributed by atoms with Crippen molar-refractivity contribution in [2.24, 2.45) is 17.8 Å². The Bertz CT molecular complexity index is 1160. The predicted octanol–water partition coefficient (Wildman–Crippen LogP) is 4.49. The van der Waals surface area contributed by atoms with E-state index in [0.717, 1.165) is 0 Å². The van der Waals surface area contributed by atoms with Gasteiger partial charge in [0, 0.05) is 5.02 Å². The van der Waals surface area contributed by atoms with E-state index in [4.69, 9.17) is 27.9 Å². The first-order chi connectivity index (χ1) is 15.8. The van der Waals surface area contributed by atoms with Gasteiger partial charge in [-0.25, -0.2) is 4.79 Å². The number of ether oxygens (including phenoxy) is 1. The third-order valence-corrected chi connectivity index (χ3v) is 6.32. The van der Waals surface area contributed by atoms with Crippen LogP contribution in [0.2, 0.25) is 10.0 Å². The molecule has 3 amide bonds. The summed E-state index contributed by atoms with van der Waals surface area (Å²) in [4.78, 5) is 51.3. The van der Waals surface area contributed by atoms with Gasteiger partial charge in [-0.3, -0.25) is 19.3 Å². The second kappa shape index (κ2) is 9.37. The highest BCUT2D eigenvalue weighted by molar-refractivity contribution is 6.36. The van der Waals surface area contributed by atoms with E-state index in [0.29, 0.717) is 22.8 Å². The zero-order valence-corrected chi connectivity index (χ0v) is 19.1. The Morgan fingerprint density at radius 3 is 2.48 bits per heavy atom. The number of hydrogen-bond acceptors (Lipinski definition) is 5. The molecule has 9 heteroatoms. The number of carbonyl (C=O) groups is 4. The number of carbonyl (C=O) groups excluding carboxylic acids is 4. The molecule has 2 aliphatic rings. The number of amides is 3. The lowest BCUT2D eigenvalue weighted by molar-refractivity contribution is -0.123. The maximum absolute atomic E-state index is 12.9. The van der Waals surface area contributed by atoms with Gasteiger partial charge in [0.25, 0.3) is 5.91 Å². The van der Waals surface area contributed by atoms with Crippen LogP contribution in [-0.2, 0) is 19.1 Å². The number of anilines is 2. The molecule has 1 aliphatic carbocycles. The molecule has 0 spiro atoms. The highest BCUT2D eigenvalue weighted by Gasteiger charge is 2.50. The fourth-order valence-electron chi connectivity index (χ4n) is 4.14. The molecular weight excluding hydrogens is 467 g/mol. The molecule has 0 unspecified atom stereocenters. The second-order valence-corrected chi connectivity index (χ2v) is 8.81. The van der Waals surface area contributed by atoms with Crippen LogP contribution in [0.25, 0.3) is 0 Å². The molecule has 0 saturated carbocycles. The topological polar surface area (TPSA) is 92.8 Å². The van der Waals surface area contributed by atoms with Crippen LogP contribution >= 0.6 is 23.2 Å². The Hall–Kier alpha value is -3.16. The van der Waals surface area contributed by atoms with E-state index >= 15 is 0 Å². The standard InChI is InChI=1S/C24H20Cl2N2O5/c1-13-3-2-4-17-21(13)23(31)28(22(17)30)16-8-5-14(6-9-16)24(32)33-12-20(29)27-19-10-7-15(25)11-18(19)26/h2-3,5-11,13,17,21H,4,12H2,1H3,(H,27,29)/t13-,17+,21-/m1/s1. The van der Waals surface area contributed by atoms with Crippen molar-refractivity contribution in [1.82, 2.24) is 0 Å². The number of rotatable bonds is 5. The smallest absolute Gasteiger partial charge is 0.338 e. The number of esters is 1. The SMILES string of the molecule is C[C@@H]1C=CC[C@@H]2C(=O)N(c3ccc(C(=O)OCC(=O)Nc4ccc(Cl)cc4Cl)cc3)C(=O)[C@H]12. The molecule has 0 bridgehead atoms. The van der Waals surface area contributed by atoms with Crippen LogP contribution in [0.4, 0.5) is 11.4 Å². The summed E-state index contributed by atoms with van der Waals surface area (Å²) in [5.41, 5.74) is 0.928. The lowest BCUT2D eigenvalue weighted by Crippen LogP contribution is -2.31. The highest BCUT2D eigenvalue weighted by atomic mass is 35.5. The number of halogens is 2. The number of nitrogens with zero attached hydrogens (tertiary/aromatic N) is 1. The number of allylic oxidation sites excluding steroid dienone is 2. The van der Waals surface area contributed by atoms with E-state index in [-0.39, 0.29) is 40.2 Å².